The molecule has 0 fully saturated rings. The van der Waals surface area contributed by atoms with Gasteiger partial charge in [0.05, 0.1) is 0 Å². The van der Waals surface area contributed by atoms with Crippen LogP contribution < -0.4 is 18.0 Å². The van der Waals surface area contributed by atoms with Gasteiger partial charge < -0.3 is 28.2 Å². The first-order valence-electron chi connectivity index (χ1n) is 3.56. The molecule has 0 heterocycles. The maximum Gasteiger partial charge on any atom is 0.339 e. The van der Waals surface area contributed by atoms with Crippen molar-refractivity contribution in [3.05, 3.63) is 17.7 Å². The summed E-state index contributed by atoms with van der Waals surface area (Å²) in [4.78, 5) is 9.63. The highest BCUT2D eigenvalue weighted by Gasteiger charge is 2.22. The summed E-state index contributed by atoms with van der Waals surface area (Å²) in [6, 6.07) is 1.64. The van der Waals surface area contributed by atoms with Crippen LogP contribution in [0, 0.1) is 0 Å². The molecule has 98 valence electrons. The molecule has 0 radical (unpaired) electrons. The van der Waals surface area contributed by atoms with Gasteiger partial charge in [-0.3, -0.25) is 4.55 Å². The van der Waals surface area contributed by atoms with Crippen molar-refractivity contribution in [3.8, 4) is 5.75 Å². The number of carboxylic acids is 1. The lowest BCUT2D eigenvalue weighted by atomic mass is 10.2. The maximum atomic E-state index is 10.7. The van der Waals surface area contributed by atoms with Crippen molar-refractivity contribution in [2.75, 3.05) is 5.73 Å². The summed E-state index contributed by atoms with van der Waals surface area (Å²) in [6.07, 6.45) is 0. The number of nitrogen functional groups attached to an aromatic ring is 1. The quantitative estimate of drug-likeness (QED) is 0.246. The second kappa shape index (κ2) is 5.45. The molecule has 1 rings (SSSR count). The third kappa shape index (κ3) is 3.57. The third-order valence-corrected chi connectivity index (χ3v) is 2.47. The lowest BCUT2D eigenvalue weighted by Crippen LogP contribution is -2.05. The summed E-state index contributed by atoms with van der Waals surface area (Å²) in [5.74, 6) is -2.59. The molecule has 1 aromatic rings. The highest BCUT2D eigenvalue weighted by Crippen LogP contribution is 2.29. The Morgan fingerprint density at radius 1 is 1.24 bits per heavy atom. The van der Waals surface area contributed by atoms with Crippen LogP contribution in [0.15, 0.2) is 17.0 Å². The second-order valence-corrected chi connectivity index (χ2v) is 4.09. The van der Waals surface area contributed by atoms with Crippen LogP contribution >= 0.6 is 0 Å². The van der Waals surface area contributed by atoms with E-state index in [-0.39, 0.29) is 18.0 Å². The molecule has 0 aliphatic heterocycles. The fraction of sp³-hybridized carbons (Fsp3) is 0. The molecule has 0 unspecified atom stereocenters. The monoisotopic (exact) mass is 267 g/mol. The maximum absolute atomic E-state index is 10.7. The van der Waals surface area contributed by atoms with E-state index in [0.717, 1.165) is 12.1 Å². The number of rotatable bonds is 2. The first-order valence-corrected chi connectivity index (χ1v) is 5.00. The molecule has 0 bridgehead atoms. The standard InChI is InChI=1S/C7H7NO6S.2H3N/c8-3-1-4(7(10)11)6(9)5(2-3)15(12,13)14;;/h1-2,9H,8H2,(H,10,11)(H,12,13,14);2*1H3. The molecule has 9 nitrogen and oxygen atoms in total. The summed E-state index contributed by atoms with van der Waals surface area (Å²) in [5, 5.41) is 17.8. The molecular formula is C7H13N3O6S. The first-order chi connectivity index (χ1) is 6.73. The number of aromatic hydroxyl groups is 1. The van der Waals surface area contributed by atoms with Gasteiger partial charge in [0.15, 0.2) is 5.75 Å². The molecule has 0 aromatic heterocycles. The molecule has 17 heavy (non-hydrogen) atoms. The van der Waals surface area contributed by atoms with Crippen LogP contribution in [0.3, 0.4) is 0 Å². The minimum atomic E-state index is -4.71. The Balaban J connectivity index is 0. The van der Waals surface area contributed by atoms with E-state index in [2.05, 4.69) is 0 Å². The van der Waals surface area contributed by atoms with Gasteiger partial charge in [0.25, 0.3) is 10.1 Å². The summed E-state index contributed by atoms with van der Waals surface area (Å²) in [5.41, 5.74) is 4.32. The number of benzene rings is 1. The largest absolute Gasteiger partial charge is 0.506 e. The molecule has 1 aromatic carbocycles. The molecule has 0 saturated carbocycles. The highest BCUT2D eigenvalue weighted by molar-refractivity contribution is 7.86. The smallest absolute Gasteiger partial charge is 0.339 e. The van der Waals surface area contributed by atoms with Crippen molar-refractivity contribution in [1.29, 1.82) is 0 Å². The van der Waals surface area contributed by atoms with Crippen LogP contribution in [0.25, 0.3) is 0 Å². The molecule has 0 aliphatic carbocycles. The number of nitrogens with two attached hydrogens (primary N) is 1. The average molecular weight is 267 g/mol. The van der Waals surface area contributed by atoms with Crippen LogP contribution in [0.5, 0.6) is 5.75 Å². The van der Waals surface area contributed by atoms with Gasteiger partial charge >= 0.3 is 5.97 Å². The molecule has 0 amide bonds. The zero-order chi connectivity index (χ0) is 11.8. The summed E-state index contributed by atoms with van der Waals surface area (Å²) < 4.78 is 30.1. The molecule has 0 aliphatic rings. The molecule has 0 spiro atoms. The van der Waals surface area contributed by atoms with E-state index in [9.17, 15) is 18.3 Å². The number of phenols is 1. The number of aromatic carboxylic acids is 1. The number of carbonyl (C=O) groups is 1. The number of anilines is 1. The van der Waals surface area contributed by atoms with Gasteiger partial charge in [-0.25, -0.2) is 4.79 Å². The first kappa shape index (κ1) is 17.5. The van der Waals surface area contributed by atoms with Crippen LogP contribution in [0.2, 0.25) is 0 Å². The Labute approximate surface area is 96.8 Å². The Morgan fingerprint density at radius 3 is 2.06 bits per heavy atom. The number of carboxylic acid groups (broad SMARTS) is 1. The van der Waals surface area contributed by atoms with Crippen molar-refractivity contribution < 1.29 is 28.0 Å². The van der Waals surface area contributed by atoms with E-state index in [0.29, 0.717) is 0 Å². The topological polar surface area (TPSA) is 208 Å². The van der Waals surface area contributed by atoms with Gasteiger partial charge in [-0.1, -0.05) is 0 Å². The minimum Gasteiger partial charge on any atom is -0.506 e. The van der Waals surface area contributed by atoms with Crippen molar-refractivity contribution >= 4 is 21.8 Å². The molecule has 0 atom stereocenters. The lowest BCUT2D eigenvalue weighted by Gasteiger charge is -2.05. The van der Waals surface area contributed by atoms with Gasteiger partial charge in [0.1, 0.15) is 10.5 Å². The summed E-state index contributed by atoms with van der Waals surface area (Å²) in [7, 11) is -4.71. The Morgan fingerprint density at radius 2 is 1.71 bits per heavy atom. The lowest BCUT2D eigenvalue weighted by molar-refractivity contribution is 0.0693. The SMILES string of the molecule is N.N.Nc1cc(C(=O)O)c(O)c(S(=O)(=O)O)c1. The molecule has 10 heteroatoms. The van der Waals surface area contributed by atoms with Crippen molar-refractivity contribution in [2.45, 2.75) is 4.90 Å². The predicted octanol–water partition coefficient (Wildman–Crippen LogP) is 0.243. The average Bonchev–Trinajstić information content (AvgIpc) is 2.06. The van der Waals surface area contributed by atoms with E-state index in [1.165, 1.54) is 0 Å². The van der Waals surface area contributed by atoms with E-state index in [1.54, 1.807) is 0 Å². The molecular weight excluding hydrogens is 254 g/mol. The molecule has 0 saturated heterocycles. The summed E-state index contributed by atoms with van der Waals surface area (Å²) in [6.45, 7) is 0. The number of hydrogen-bond donors (Lipinski definition) is 6. The second-order valence-electron chi connectivity index (χ2n) is 2.70. The van der Waals surface area contributed by atoms with E-state index in [1.807, 2.05) is 0 Å². The van der Waals surface area contributed by atoms with Crippen LogP contribution in [0.4, 0.5) is 5.69 Å². The van der Waals surface area contributed by atoms with Crippen LogP contribution in [-0.2, 0) is 10.1 Å². The predicted molar refractivity (Wildman–Crippen MR) is 59.3 cm³/mol. The summed E-state index contributed by atoms with van der Waals surface area (Å²) >= 11 is 0. The zero-order valence-electron chi connectivity index (χ0n) is 8.62. The van der Waals surface area contributed by atoms with Crippen molar-refractivity contribution in [3.63, 3.8) is 0 Å². The van der Waals surface area contributed by atoms with E-state index < -0.39 is 32.3 Å². The van der Waals surface area contributed by atoms with Crippen LogP contribution in [-0.4, -0.2) is 29.2 Å². The zero-order valence-corrected chi connectivity index (χ0v) is 9.44. The van der Waals surface area contributed by atoms with Gasteiger partial charge in [0, 0.05) is 5.69 Å². The Hall–Kier alpha value is -1.88. The van der Waals surface area contributed by atoms with Crippen LogP contribution in [0.1, 0.15) is 10.4 Å². The van der Waals surface area contributed by atoms with Gasteiger partial charge in [-0.15, -0.1) is 0 Å². The fourth-order valence-electron chi connectivity index (χ4n) is 0.989. The normalized spacial score (nSPS) is 9.94. The highest BCUT2D eigenvalue weighted by atomic mass is 32.2. The van der Waals surface area contributed by atoms with Gasteiger partial charge in [-0.05, 0) is 12.1 Å². The molecule has 11 N–H and O–H groups in total. The van der Waals surface area contributed by atoms with Gasteiger partial charge in [0.2, 0.25) is 0 Å². The van der Waals surface area contributed by atoms with E-state index >= 15 is 0 Å². The number of hydrogen-bond acceptors (Lipinski definition) is 7. The van der Waals surface area contributed by atoms with Gasteiger partial charge in [-0.2, -0.15) is 8.42 Å². The fourth-order valence-corrected chi connectivity index (χ4v) is 1.63. The van der Waals surface area contributed by atoms with Crippen molar-refractivity contribution in [2.24, 2.45) is 0 Å². The Bertz CT molecular complexity index is 527. The minimum absolute atomic E-state index is 0. The third-order valence-electron chi connectivity index (χ3n) is 1.61. The van der Waals surface area contributed by atoms with E-state index in [4.69, 9.17) is 15.4 Å². The Kier molecular flexibility index (Phi) is 5.61. The van der Waals surface area contributed by atoms with Crippen molar-refractivity contribution in [1.82, 2.24) is 12.3 Å².